The van der Waals surface area contributed by atoms with E-state index in [1.807, 2.05) is 6.92 Å². The lowest BCUT2D eigenvalue weighted by atomic mass is 10.2. The van der Waals surface area contributed by atoms with Gasteiger partial charge in [0.1, 0.15) is 11.6 Å². The summed E-state index contributed by atoms with van der Waals surface area (Å²) in [5.74, 6) is 0.269. The molecule has 14 heavy (non-hydrogen) atoms. The molecular weight excluding hydrogens is 203 g/mol. The Morgan fingerprint density at radius 2 is 2.14 bits per heavy atom. The van der Waals surface area contributed by atoms with E-state index in [0.717, 1.165) is 5.69 Å². The fraction of sp³-hybridized carbons (Fsp3) is 0.100. The van der Waals surface area contributed by atoms with Gasteiger partial charge in [0.15, 0.2) is 0 Å². The second-order valence-corrected chi connectivity index (χ2v) is 3.51. The van der Waals surface area contributed by atoms with Gasteiger partial charge in [-0.3, -0.25) is 0 Å². The molecule has 0 saturated carbocycles. The number of nitrogens with zero attached hydrogens (tertiary/aromatic N) is 1. The number of aryl methyl sites for hydroxylation is 1. The molecule has 72 valence electrons. The molecule has 0 saturated heterocycles. The fourth-order valence-corrected chi connectivity index (χ4v) is 1.47. The first-order valence-electron chi connectivity index (χ1n) is 4.13. The molecule has 2 rings (SSSR count). The SMILES string of the molecule is Cc1cnc(-c2cc(F)cc(Cl)c2)[nH]1. The zero-order valence-electron chi connectivity index (χ0n) is 7.51. The van der Waals surface area contributed by atoms with Gasteiger partial charge in [-0.1, -0.05) is 11.6 Å². The van der Waals surface area contributed by atoms with Gasteiger partial charge in [-0.15, -0.1) is 0 Å². The number of nitrogens with one attached hydrogen (secondary N) is 1. The van der Waals surface area contributed by atoms with Crippen LogP contribution in [0.5, 0.6) is 0 Å². The largest absolute Gasteiger partial charge is 0.342 e. The highest BCUT2D eigenvalue weighted by Gasteiger charge is 2.04. The molecule has 1 N–H and O–H groups in total. The molecule has 0 aliphatic heterocycles. The molecule has 1 aromatic carbocycles. The maximum absolute atomic E-state index is 13.0. The van der Waals surface area contributed by atoms with Crippen LogP contribution in [0, 0.1) is 12.7 Å². The van der Waals surface area contributed by atoms with Gasteiger partial charge in [0.2, 0.25) is 0 Å². The van der Waals surface area contributed by atoms with E-state index in [4.69, 9.17) is 11.6 Å². The van der Waals surface area contributed by atoms with Crippen LogP contribution in [0.15, 0.2) is 24.4 Å². The maximum atomic E-state index is 13.0. The van der Waals surface area contributed by atoms with Crippen LogP contribution >= 0.6 is 11.6 Å². The van der Waals surface area contributed by atoms with Crippen molar-refractivity contribution in [2.24, 2.45) is 0 Å². The Bertz CT molecular complexity index is 445. The fourth-order valence-electron chi connectivity index (χ4n) is 1.25. The predicted molar refractivity (Wildman–Crippen MR) is 53.7 cm³/mol. The minimum atomic E-state index is -0.360. The summed E-state index contributed by atoms with van der Waals surface area (Å²) in [6, 6.07) is 4.33. The first-order valence-corrected chi connectivity index (χ1v) is 4.51. The average molecular weight is 211 g/mol. The molecule has 0 bridgehead atoms. The minimum absolute atomic E-state index is 0.360. The molecule has 0 fully saturated rings. The van der Waals surface area contributed by atoms with Gasteiger partial charge in [-0.05, 0) is 25.1 Å². The normalized spacial score (nSPS) is 10.5. The quantitative estimate of drug-likeness (QED) is 0.770. The van der Waals surface area contributed by atoms with E-state index in [9.17, 15) is 4.39 Å². The van der Waals surface area contributed by atoms with E-state index < -0.39 is 0 Å². The van der Waals surface area contributed by atoms with Crippen molar-refractivity contribution in [1.82, 2.24) is 9.97 Å². The van der Waals surface area contributed by atoms with Gasteiger partial charge in [-0.25, -0.2) is 9.37 Å². The standard InChI is InChI=1S/C10H8ClFN2/c1-6-5-13-10(14-6)7-2-8(11)4-9(12)3-7/h2-5H,1H3,(H,13,14). The molecule has 0 aliphatic rings. The zero-order chi connectivity index (χ0) is 10.1. The topological polar surface area (TPSA) is 28.7 Å². The summed E-state index contributed by atoms with van der Waals surface area (Å²) in [6.45, 7) is 1.89. The summed E-state index contributed by atoms with van der Waals surface area (Å²) >= 11 is 5.73. The molecule has 4 heteroatoms. The number of H-pyrrole nitrogens is 1. The highest BCUT2D eigenvalue weighted by Crippen LogP contribution is 2.21. The van der Waals surface area contributed by atoms with E-state index in [1.165, 1.54) is 12.1 Å². The lowest BCUT2D eigenvalue weighted by Gasteiger charge is -1.98. The smallest absolute Gasteiger partial charge is 0.137 e. The van der Waals surface area contributed by atoms with Crippen LogP contribution in [0.4, 0.5) is 4.39 Å². The van der Waals surface area contributed by atoms with Crippen LogP contribution in [0.3, 0.4) is 0 Å². The average Bonchev–Trinajstić information content (AvgIpc) is 2.50. The molecule has 0 atom stereocenters. The van der Waals surface area contributed by atoms with Gasteiger partial charge < -0.3 is 4.98 Å². The minimum Gasteiger partial charge on any atom is -0.342 e. The number of imidazole rings is 1. The van der Waals surface area contributed by atoms with Crippen molar-refractivity contribution in [1.29, 1.82) is 0 Å². The molecule has 0 unspecified atom stereocenters. The molecule has 2 nitrogen and oxygen atoms in total. The lowest BCUT2D eigenvalue weighted by molar-refractivity contribution is 0.628. The second kappa shape index (κ2) is 3.42. The summed E-state index contributed by atoms with van der Waals surface area (Å²) in [5.41, 5.74) is 1.59. The summed E-state index contributed by atoms with van der Waals surface area (Å²) < 4.78 is 13.0. The predicted octanol–water partition coefficient (Wildman–Crippen LogP) is 3.18. The lowest BCUT2D eigenvalue weighted by Crippen LogP contribution is -1.83. The van der Waals surface area contributed by atoms with Crippen LogP contribution in [-0.4, -0.2) is 9.97 Å². The van der Waals surface area contributed by atoms with E-state index in [2.05, 4.69) is 9.97 Å². The summed E-state index contributed by atoms with van der Waals surface area (Å²) in [7, 11) is 0. The van der Waals surface area contributed by atoms with E-state index in [1.54, 1.807) is 12.3 Å². The van der Waals surface area contributed by atoms with Crippen LogP contribution in [-0.2, 0) is 0 Å². The Hall–Kier alpha value is -1.35. The third kappa shape index (κ3) is 1.77. The van der Waals surface area contributed by atoms with Crippen molar-refractivity contribution >= 4 is 11.6 Å². The third-order valence-corrected chi connectivity index (χ3v) is 2.06. The molecule has 0 spiro atoms. The zero-order valence-corrected chi connectivity index (χ0v) is 8.27. The van der Waals surface area contributed by atoms with Gasteiger partial charge in [0, 0.05) is 22.5 Å². The molecule has 1 heterocycles. The number of hydrogen-bond acceptors (Lipinski definition) is 1. The van der Waals surface area contributed by atoms with Crippen LogP contribution in [0.1, 0.15) is 5.69 Å². The highest BCUT2D eigenvalue weighted by molar-refractivity contribution is 6.30. The van der Waals surface area contributed by atoms with Crippen molar-refractivity contribution in [2.75, 3.05) is 0 Å². The van der Waals surface area contributed by atoms with E-state index in [0.29, 0.717) is 16.4 Å². The van der Waals surface area contributed by atoms with Gasteiger partial charge in [0.05, 0.1) is 0 Å². The van der Waals surface area contributed by atoms with Crippen molar-refractivity contribution in [3.8, 4) is 11.4 Å². The Balaban J connectivity index is 2.51. The Morgan fingerprint density at radius 1 is 1.36 bits per heavy atom. The van der Waals surface area contributed by atoms with Gasteiger partial charge in [-0.2, -0.15) is 0 Å². The Morgan fingerprint density at radius 3 is 2.71 bits per heavy atom. The third-order valence-electron chi connectivity index (χ3n) is 1.84. The van der Waals surface area contributed by atoms with Crippen molar-refractivity contribution < 1.29 is 4.39 Å². The van der Waals surface area contributed by atoms with Gasteiger partial charge in [0.25, 0.3) is 0 Å². The number of aromatic nitrogens is 2. The van der Waals surface area contributed by atoms with Crippen LogP contribution < -0.4 is 0 Å². The first kappa shape index (κ1) is 9.21. The van der Waals surface area contributed by atoms with Gasteiger partial charge >= 0.3 is 0 Å². The Kier molecular flexibility index (Phi) is 2.25. The molecule has 0 aliphatic carbocycles. The van der Waals surface area contributed by atoms with E-state index in [-0.39, 0.29) is 5.82 Å². The monoisotopic (exact) mass is 210 g/mol. The summed E-state index contributed by atoms with van der Waals surface area (Å²) in [6.07, 6.45) is 1.69. The van der Waals surface area contributed by atoms with E-state index >= 15 is 0 Å². The Labute approximate surface area is 85.8 Å². The number of rotatable bonds is 1. The number of hydrogen-bond donors (Lipinski definition) is 1. The van der Waals surface area contributed by atoms with Crippen molar-refractivity contribution in [3.05, 3.63) is 40.9 Å². The summed E-state index contributed by atoms with van der Waals surface area (Å²) in [5, 5.41) is 0.369. The second-order valence-electron chi connectivity index (χ2n) is 3.07. The molecule has 2 aromatic rings. The van der Waals surface area contributed by atoms with Crippen molar-refractivity contribution in [3.63, 3.8) is 0 Å². The van der Waals surface area contributed by atoms with Crippen LogP contribution in [0.2, 0.25) is 5.02 Å². The number of aromatic amines is 1. The maximum Gasteiger partial charge on any atom is 0.137 e. The van der Waals surface area contributed by atoms with Crippen molar-refractivity contribution in [2.45, 2.75) is 6.92 Å². The molecule has 1 aromatic heterocycles. The molecule has 0 amide bonds. The molecule has 0 radical (unpaired) electrons. The van der Waals surface area contributed by atoms with Crippen LogP contribution in [0.25, 0.3) is 11.4 Å². The molecular formula is C10H8ClFN2. The number of benzene rings is 1. The highest BCUT2D eigenvalue weighted by atomic mass is 35.5. The summed E-state index contributed by atoms with van der Waals surface area (Å²) in [4.78, 5) is 7.10. The number of halogens is 2. The first-order chi connectivity index (χ1) is 6.65.